The minimum absolute atomic E-state index is 0.0969. The summed E-state index contributed by atoms with van der Waals surface area (Å²) in [5.74, 6) is 0.132. The number of halogens is 4. The fourth-order valence-corrected chi connectivity index (χ4v) is 1.06. The fourth-order valence-electron chi connectivity index (χ4n) is 0.861. The summed E-state index contributed by atoms with van der Waals surface area (Å²) in [6.07, 6.45) is -4.39. The van der Waals surface area contributed by atoms with E-state index in [9.17, 15) is 13.2 Å². The van der Waals surface area contributed by atoms with Gasteiger partial charge in [-0.1, -0.05) is 11.6 Å². The van der Waals surface area contributed by atoms with Gasteiger partial charge in [-0.25, -0.2) is 4.98 Å². The van der Waals surface area contributed by atoms with Crippen LogP contribution in [-0.2, 0) is 0 Å². The van der Waals surface area contributed by atoms with E-state index in [4.69, 9.17) is 11.6 Å². The Labute approximate surface area is 89.2 Å². The fraction of sp³-hybridized carbons (Fsp3) is 0.500. The predicted molar refractivity (Wildman–Crippen MR) is 48.1 cm³/mol. The number of aromatic nitrogens is 2. The van der Waals surface area contributed by atoms with E-state index in [-0.39, 0.29) is 16.9 Å². The van der Waals surface area contributed by atoms with Crippen LogP contribution in [0.2, 0.25) is 5.15 Å². The van der Waals surface area contributed by atoms with Crippen LogP contribution < -0.4 is 4.74 Å². The third-order valence-electron chi connectivity index (χ3n) is 1.53. The molecule has 1 heterocycles. The summed E-state index contributed by atoms with van der Waals surface area (Å²) >= 11 is 5.66. The molecule has 3 nitrogen and oxygen atoms in total. The largest absolute Gasteiger partial charge is 0.468 e. The molecule has 84 valence electrons. The van der Waals surface area contributed by atoms with Gasteiger partial charge >= 0.3 is 6.18 Å². The van der Waals surface area contributed by atoms with E-state index in [2.05, 4.69) is 14.7 Å². The minimum atomic E-state index is -4.39. The molecule has 0 amide bonds. The summed E-state index contributed by atoms with van der Waals surface area (Å²) < 4.78 is 40.1. The molecule has 15 heavy (non-hydrogen) atoms. The van der Waals surface area contributed by atoms with E-state index in [1.807, 2.05) is 0 Å². The highest BCUT2D eigenvalue weighted by molar-refractivity contribution is 6.30. The van der Waals surface area contributed by atoms with Crippen molar-refractivity contribution in [3.8, 4) is 5.88 Å². The van der Waals surface area contributed by atoms with E-state index >= 15 is 0 Å². The van der Waals surface area contributed by atoms with Crippen LogP contribution in [-0.4, -0.2) is 22.8 Å². The molecule has 0 aliphatic heterocycles. The molecule has 0 saturated heterocycles. The Bertz CT molecular complexity index is 368. The van der Waals surface area contributed by atoms with Gasteiger partial charge in [-0.15, -0.1) is 0 Å². The lowest BCUT2D eigenvalue weighted by atomic mass is 10.3. The Morgan fingerprint density at radius 3 is 2.40 bits per heavy atom. The molecule has 0 spiro atoms. The smallest absolute Gasteiger partial charge is 0.422 e. The minimum Gasteiger partial charge on any atom is -0.468 e. The van der Waals surface area contributed by atoms with E-state index in [0.717, 1.165) is 0 Å². The Morgan fingerprint density at radius 2 is 1.87 bits per heavy atom. The summed E-state index contributed by atoms with van der Waals surface area (Å²) in [6, 6.07) is 0. The van der Waals surface area contributed by atoms with E-state index < -0.39 is 12.8 Å². The highest BCUT2D eigenvalue weighted by Gasteiger charge is 2.29. The Kier molecular flexibility index (Phi) is 3.38. The maximum absolute atomic E-state index is 11.9. The third-order valence-corrected chi connectivity index (χ3v) is 1.89. The van der Waals surface area contributed by atoms with Gasteiger partial charge in [0.2, 0.25) is 5.88 Å². The topological polar surface area (TPSA) is 35.0 Å². The predicted octanol–water partition coefficient (Wildman–Crippen LogP) is 2.69. The molecule has 0 unspecified atom stereocenters. The van der Waals surface area contributed by atoms with Gasteiger partial charge < -0.3 is 4.74 Å². The molecule has 1 aromatic heterocycles. The lowest BCUT2D eigenvalue weighted by Gasteiger charge is -2.11. The van der Waals surface area contributed by atoms with Crippen LogP contribution >= 0.6 is 11.6 Å². The van der Waals surface area contributed by atoms with Crippen molar-refractivity contribution in [1.82, 2.24) is 9.97 Å². The average molecular weight is 241 g/mol. The zero-order chi connectivity index (χ0) is 11.6. The molecule has 0 aromatic carbocycles. The van der Waals surface area contributed by atoms with Crippen molar-refractivity contribution in [2.24, 2.45) is 0 Å². The number of hydrogen-bond donors (Lipinski definition) is 0. The zero-order valence-corrected chi connectivity index (χ0v) is 8.78. The van der Waals surface area contributed by atoms with Gasteiger partial charge in [-0.3, -0.25) is 0 Å². The number of hydrogen-bond acceptors (Lipinski definition) is 3. The lowest BCUT2D eigenvalue weighted by molar-refractivity contribution is -0.154. The van der Waals surface area contributed by atoms with Crippen molar-refractivity contribution in [3.63, 3.8) is 0 Å². The molecule has 0 aliphatic carbocycles. The first kappa shape index (κ1) is 12.0. The summed E-state index contributed by atoms with van der Waals surface area (Å²) in [7, 11) is 0. The molecular formula is C8H8ClF3N2O. The number of nitrogens with zero attached hydrogens (tertiary/aromatic N) is 2. The van der Waals surface area contributed by atoms with Crippen molar-refractivity contribution in [3.05, 3.63) is 16.5 Å². The highest BCUT2D eigenvalue weighted by Crippen LogP contribution is 2.23. The Balaban J connectivity index is 2.86. The number of ether oxygens (including phenoxy) is 1. The van der Waals surface area contributed by atoms with Crippen LogP contribution in [0.4, 0.5) is 13.2 Å². The summed E-state index contributed by atoms with van der Waals surface area (Å²) in [4.78, 5) is 7.49. The summed E-state index contributed by atoms with van der Waals surface area (Å²) in [5, 5.41) is 0.0969. The molecule has 1 rings (SSSR count). The standard InChI is InChI=1S/C8H8ClF3N2O/c1-4-6(9)13-5(2)14-7(4)15-3-8(10,11)12/h3H2,1-2H3. The van der Waals surface area contributed by atoms with E-state index in [1.54, 1.807) is 0 Å². The van der Waals surface area contributed by atoms with Crippen LogP contribution in [0, 0.1) is 13.8 Å². The van der Waals surface area contributed by atoms with Crippen LogP contribution in [0.3, 0.4) is 0 Å². The van der Waals surface area contributed by atoms with Crippen LogP contribution in [0.1, 0.15) is 11.4 Å². The quantitative estimate of drug-likeness (QED) is 0.746. The molecule has 0 aliphatic rings. The molecule has 0 fully saturated rings. The van der Waals surface area contributed by atoms with Gasteiger partial charge in [-0.2, -0.15) is 18.2 Å². The molecule has 0 saturated carbocycles. The van der Waals surface area contributed by atoms with Crippen molar-refractivity contribution >= 4 is 11.6 Å². The average Bonchev–Trinajstić information content (AvgIpc) is 2.07. The molecule has 0 atom stereocenters. The number of aryl methyl sites for hydroxylation is 1. The first-order valence-electron chi connectivity index (χ1n) is 4.00. The Hall–Kier alpha value is -1.04. The first-order chi connectivity index (χ1) is 6.79. The van der Waals surface area contributed by atoms with Gasteiger partial charge in [0, 0.05) is 5.56 Å². The van der Waals surface area contributed by atoms with E-state index in [0.29, 0.717) is 5.56 Å². The van der Waals surface area contributed by atoms with Crippen LogP contribution in [0.15, 0.2) is 0 Å². The van der Waals surface area contributed by atoms with E-state index in [1.165, 1.54) is 13.8 Å². The van der Waals surface area contributed by atoms with Crippen molar-refractivity contribution in [1.29, 1.82) is 0 Å². The monoisotopic (exact) mass is 240 g/mol. The SMILES string of the molecule is Cc1nc(Cl)c(C)c(OCC(F)(F)F)n1. The van der Waals surface area contributed by atoms with Crippen LogP contribution in [0.5, 0.6) is 5.88 Å². The Morgan fingerprint density at radius 1 is 1.27 bits per heavy atom. The molecule has 0 N–H and O–H groups in total. The van der Waals surface area contributed by atoms with Gasteiger partial charge in [-0.05, 0) is 13.8 Å². The zero-order valence-electron chi connectivity index (χ0n) is 8.02. The molecular weight excluding hydrogens is 233 g/mol. The van der Waals surface area contributed by atoms with Gasteiger partial charge in [0.1, 0.15) is 11.0 Å². The van der Waals surface area contributed by atoms with Gasteiger partial charge in [0.25, 0.3) is 0 Å². The van der Waals surface area contributed by atoms with Gasteiger partial charge in [0.05, 0.1) is 0 Å². The summed E-state index contributed by atoms with van der Waals surface area (Å²) in [5.41, 5.74) is 0.298. The second kappa shape index (κ2) is 4.22. The molecule has 1 aromatic rings. The lowest BCUT2D eigenvalue weighted by Crippen LogP contribution is -2.20. The molecule has 0 radical (unpaired) electrons. The van der Waals surface area contributed by atoms with Crippen molar-refractivity contribution in [2.45, 2.75) is 20.0 Å². The number of alkyl halides is 3. The van der Waals surface area contributed by atoms with Crippen LogP contribution in [0.25, 0.3) is 0 Å². The summed E-state index contributed by atoms with van der Waals surface area (Å²) in [6.45, 7) is 1.62. The highest BCUT2D eigenvalue weighted by atomic mass is 35.5. The third kappa shape index (κ3) is 3.54. The van der Waals surface area contributed by atoms with Gasteiger partial charge in [0.15, 0.2) is 6.61 Å². The molecule has 7 heteroatoms. The second-order valence-corrected chi connectivity index (χ2v) is 3.25. The molecule has 0 bridgehead atoms. The normalized spacial score (nSPS) is 11.6. The maximum atomic E-state index is 11.9. The number of rotatable bonds is 2. The van der Waals surface area contributed by atoms with Crippen molar-refractivity contribution < 1.29 is 17.9 Å². The second-order valence-electron chi connectivity index (χ2n) is 2.90. The first-order valence-corrected chi connectivity index (χ1v) is 4.37. The maximum Gasteiger partial charge on any atom is 0.422 e. The van der Waals surface area contributed by atoms with Crippen molar-refractivity contribution in [2.75, 3.05) is 6.61 Å².